The van der Waals surface area contributed by atoms with Gasteiger partial charge in [-0.15, -0.1) is 0 Å². The van der Waals surface area contributed by atoms with Crippen molar-refractivity contribution in [2.75, 3.05) is 7.11 Å². The number of nitrogens with zero attached hydrogens (tertiary/aromatic N) is 1. The molecule has 1 N–H and O–H groups in total. The molecule has 1 atom stereocenters. The number of benzene rings is 2. The number of carbonyl (C=O) groups excluding carboxylic acids is 3. The number of carbonyl (C=O) groups is 3. The maximum atomic E-state index is 13.3. The van der Waals surface area contributed by atoms with Gasteiger partial charge in [0.1, 0.15) is 11.6 Å². The van der Waals surface area contributed by atoms with Crippen LogP contribution in [0.15, 0.2) is 48.5 Å². The molecule has 2 aromatic carbocycles. The predicted molar refractivity (Wildman–Crippen MR) is 113 cm³/mol. The molecule has 0 aliphatic heterocycles. The van der Waals surface area contributed by atoms with Gasteiger partial charge in [-0.3, -0.25) is 9.59 Å². The molecule has 7 nitrogen and oxygen atoms in total. The molecule has 0 fully saturated rings. The van der Waals surface area contributed by atoms with Crippen LogP contribution in [0.2, 0.25) is 0 Å². The molecule has 0 unspecified atom stereocenters. The Hall–Kier alpha value is -3.48. The van der Waals surface area contributed by atoms with E-state index >= 15 is 0 Å². The number of ether oxygens (including phenoxy) is 2. The number of amides is 1. The molecule has 3 rings (SSSR count). The van der Waals surface area contributed by atoms with E-state index in [9.17, 15) is 14.4 Å². The van der Waals surface area contributed by atoms with Crippen LogP contribution in [-0.2, 0) is 19.1 Å². The molecule has 0 aliphatic carbocycles. The normalized spacial score (nSPS) is 12.4. The van der Waals surface area contributed by atoms with E-state index in [2.05, 4.69) is 10.3 Å². The molecule has 7 heteroatoms. The van der Waals surface area contributed by atoms with E-state index in [1.807, 2.05) is 36.4 Å². The Bertz CT molecular complexity index is 1060. The summed E-state index contributed by atoms with van der Waals surface area (Å²) < 4.78 is 10.1. The zero-order chi connectivity index (χ0) is 21.9. The van der Waals surface area contributed by atoms with Crippen molar-refractivity contribution in [2.24, 2.45) is 0 Å². The van der Waals surface area contributed by atoms with Crippen molar-refractivity contribution in [3.63, 3.8) is 0 Å². The molecule has 1 heterocycles. The first-order valence-corrected chi connectivity index (χ1v) is 9.57. The van der Waals surface area contributed by atoms with E-state index in [1.165, 1.54) is 7.11 Å². The van der Waals surface area contributed by atoms with Gasteiger partial charge in [0.25, 0.3) is 5.91 Å². The van der Waals surface area contributed by atoms with Crippen molar-refractivity contribution in [1.82, 2.24) is 10.3 Å². The van der Waals surface area contributed by atoms with Crippen molar-refractivity contribution in [1.29, 1.82) is 0 Å². The largest absolute Gasteiger partial charge is 0.467 e. The van der Waals surface area contributed by atoms with Crippen LogP contribution >= 0.6 is 0 Å². The van der Waals surface area contributed by atoms with Crippen molar-refractivity contribution < 1.29 is 23.9 Å². The summed E-state index contributed by atoms with van der Waals surface area (Å²) in [6.45, 7) is 5.18. The second-order valence-electron chi connectivity index (χ2n) is 7.86. The van der Waals surface area contributed by atoms with Gasteiger partial charge in [-0.1, -0.05) is 36.4 Å². The minimum absolute atomic E-state index is 0.337. The summed E-state index contributed by atoms with van der Waals surface area (Å²) in [4.78, 5) is 42.4. The Kier molecular flexibility index (Phi) is 6.01. The second kappa shape index (κ2) is 8.49. The lowest BCUT2D eigenvalue weighted by Crippen LogP contribution is -2.44. The lowest BCUT2D eigenvalue weighted by molar-refractivity contribution is -0.158. The molecule has 1 aromatic heterocycles. The second-order valence-corrected chi connectivity index (χ2v) is 7.86. The number of fused-ring (bicyclic) bond motifs is 2. The van der Waals surface area contributed by atoms with E-state index in [0.717, 1.165) is 0 Å². The highest BCUT2D eigenvalue weighted by Crippen LogP contribution is 2.26. The number of pyridine rings is 1. The van der Waals surface area contributed by atoms with Gasteiger partial charge in [0, 0.05) is 10.8 Å². The quantitative estimate of drug-likeness (QED) is 0.514. The fourth-order valence-electron chi connectivity index (χ4n) is 3.20. The molecule has 0 spiro atoms. The lowest BCUT2D eigenvalue weighted by Gasteiger charge is -2.22. The molecule has 1 amide bonds. The van der Waals surface area contributed by atoms with Crippen LogP contribution in [0.1, 0.15) is 37.6 Å². The molecule has 0 saturated heterocycles. The summed E-state index contributed by atoms with van der Waals surface area (Å²) >= 11 is 0. The Morgan fingerprint density at radius 1 is 0.967 bits per heavy atom. The Morgan fingerprint density at radius 3 is 2.00 bits per heavy atom. The summed E-state index contributed by atoms with van der Waals surface area (Å²) in [5.41, 5.74) is 0.986. The summed E-state index contributed by atoms with van der Waals surface area (Å²) in [5.74, 6) is -1.83. The summed E-state index contributed by atoms with van der Waals surface area (Å²) in [6.07, 6.45) is -0.337. The zero-order valence-electron chi connectivity index (χ0n) is 17.4. The number of para-hydroxylation sites is 2. The maximum Gasteiger partial charge on any atom is 0.328 e. The third-order valence-electron chi connectivity index (χ3n) is 4.40. The minimum Gasteiger partial charge on any atom is -0.467 e. The standard InChI is InChI=1S/C23H24N2O5/c1-23(2,3)30-19(26)13-18(22(28)29-4)25-21(27)20-14-9-5-7-11-16(14)24-17-12-8-6-10-15(17)20/h5-12,18H,13H2,1-4H3,(H,25,27)/t18-/m0/s1. The number of aromatic nitrogens is 1. The van der Waals surface area contributed by atoms with E-state index in [1.54, 1.807) is 32.9 Å². The van der Waals surface area contributed by atoms with Gasteiger partial charge >= 0.3 is 11.9 Å². The van der Waals surface area contributed by atoms with Gasteiger partial charge in [0.05, 0.1) is 30.1 Å². The monoisotopic (exact) mass is 408 g/mol. The Labute approximate surface area is 174 Å². The first-order chi connectivity index (χ1) is 14.2. The molecular formula is C23H24N2O5. The van der Waals surface area contributed by atoms with E-state index in [4.69, 9.17) is 9.47 Å². The van der Waals surface area contributed by atoms with Crippen LogP contribution in [0.4, 0.5) is 0 Å². The van der Waals surface area contributed by atoms with Crippen molar-refractivity contribution in [2.45, 2.75) is 38.8 Å². The van der Waals surface area contributed by atoms with Gasteiger partial charge in [-0.05, 0) is 32.9 Å². The van der Waals surface area contributed by atoms with E-state index in [0.29, 0.717) is 27.4 Å². The molecule has 30 heavy (non-hydrogen) atoms. The van der Waals surface area contributed by atoms with Crippen LogP contribution in [-0.4, -0.2) is 41.6 Å². The van der Waals surface area contributed by atoms with Gasteiger partial charge in [-0.25, -0.2) is 9.78 Å². The van der Waals surface area contributed by atoms with E-state index in [-0.39, 0.29) is 6.42 Å². The summed E-state index contributed by atoms with van der Waals surface area (Å²) in [6, 6.07) is 13.4. The molecule has 0 saturated carbocycles. The molecular weight excluding hydrogens is 384 g/mol. The summed E-state index contributed by atoms with van der Waals surface area (Å²) in [7, 11) is 1.20. The third-order valence-corrected chi connectivity index (χ3v) is 4.40. The molecule has 0 aliphatic rings. The van der Waals surface area contributed by atoms with Crippen LogP contribution in [0.5, 0.6) is 0 Å². The number of rotatable bonds is 5. The van der Waals surface area contributed by atoms with Gasteiger partial charge in [0.15, 0.2) is 0 Å². The number of nitrogens with one attached hydrogen (secondary N) is 1. The average Bonchev–Trinajstić information content (AvgIpc) is 2.69. The average molecular weight is 408 g/mol. The van der Waals surface area contributed by atoms with Gasteiger partial charge in [0.2, 0.25) is 0 Å². The summed E-state index contributed by atoms with van der Waals surface area (Å²) in [5, 5.41) is 3.94. The highest BCUT2D eigenvalue weighted by Gasteiger charge is 2.29. The third kappa shape index (κ3) is 4.74. The smallest absolute Gasteiger partial charge is 0.328 e. The molecule has 156 valence electrons. The zero-order valence-corrected chi connectivity index (χ0v) is 17.4. The topological polar surface area (TPSA) is 94.6 Å². The van der Waals surface area contributed by atoms with Crippen molar-refractivity contribution >= 4 is 39.7 Å². The molecule has 0 bridgehead atoms. The first-order valence-electron chi connectivity index (χ1n) is 9.57. The van der Waals surface area contributed by atoms with E-state index < -0.39 is 29.5 Å². The highest BCUT2D eigenvalue weighted by molar-refractivity contribution is 6.16. The first kappa shape index (κ1) is 21.2. The lowest BCUT2D eigenvalue weighted by atomic mass is 10.0. The van der Waals surface area contributed by atoms with Crippen LogP contribution in [0, 0.1) is 0 Å². The minimum atomic E-state index is -1.18. The Balaban J connectivity index is 1.98. The predicted octanol–water partition coefficient (Wildman–Crippen LogP) is 3.39. The highest BCUT2D eigenvalue weighted by atomic mass is 16.6. The number of methoxy groups -OCH3 is 1. The fraction of sp³-hybridized carbons (Fsp3) is 0.304. The van der Waals surface area contributed by atoms with Crippen molar-refractivity contribution in [3.05, 3.63) is 54.1 Å². The van der Waals surface area contributed by atoms with Crippen molar-refractivity contribution in [3.8, 4) is 0 Å². The van der Waals surface area contributed by atoms with Crippen LogP contribution < -0.4 is 5.32 Å². The fourth-order valence-corrected chi connectivity index (χ4v) is 3.20. The SMILES string of the molecule is COC(=O)[C@H](CC(=O)OC(C)(C)C)NC(=O)c1c2ccccc2nc2ccccc12. The van der Waals surface area contributed by atoms with Crippen LogP contribution in [0.3, 0.4) is 0 Å². The van der Waals surface area contributed by atoms with Crippen LogP contribution in [0.25, 0.3) is 21.8 Å². The molecule has 0 radical (unpaired) electrons. The number of hydrogen-bond donors (Lipinski definition) is 1. The number of hydrogen-bond acceptors (Lipinski definition) is 6. The number of esters is 2. The maximum absolute atomic E-state index is 13.3. The molecule has 3 aromatic rings. The van der Waals surface area contributed by atoms with Gasteiger partial charge in [-0.2, -0.15) is 0 Å². The van der Waals surface area contributed by atoms with Gasteiger partial charge < -0.3 is 14.8 Å². The Morgan fingerprint density at radius 2 is 1.50 bits per heavy atom.